The SMILES string of the molecule is Cc1ccccc1CC(=O)c1ccccc1NC(=O)C1CCCCC1. The molecule has 1 aliphatic carbocycles. The number of benzene rings is 2. The molecule has 0 saturated heterocycles. The van der Waals surface area contributed by atoms with E-state index < -0.39 is 0 Å². The molecule has 0 bridgehead atoms. The Balaban J connectivity index is 1.75. The van der Waals surface area contributed by atoms with Crippen LogP contribution in [0.2, 0.25) is 0 Å². The molecule has 0 spiro atoms. The Hall–Kier alpha value is -2.42. The maximum absolute atomic E-state index is 12.8. The zero-order chi connectivity index (χ0) is 17.6. The fourth-order valence-electron chi connectivity index (χ4n) is 3.51. The number of ketones is 1. The van der Waals surface area contributed by atoms with E-state index in [0.717, 1.165) is 36.8 Å². The molecule has 3 nitrogen and oxygen atoms in total. The maximum Gasteiger partial charge on any atom is 0.227 e. The summed E-state index contributed by atoms with van der Waals surface area (Å²) in [5.74, 6) is 0.165. The largest absolute Gasteiger partial charge is 0.325 e. The van der Waals surface area contributed by atoms with Crippen LogP contribution in [0.3, 0.4) is 0 Å². The Morgan fingerprint density at radius 1 is 0.960 bits per heavy atom. The van der Waals surface area contributed by atoms with Crippen molar-refractivity contribution in [2.24, 2.45) is 5.92 Å². The minimum atomic E-state index is 0.0360. The second-order valence-electron chi connectivity index (χ2n) is 6.90. The smallest absolute Gasteiger partial charge is 0.227 e. The normalized spacial score (nSPS) is 14.9. The van der Waals surface area contributed by atoms with E-state index in [0.29, 0.717) is 17.7 Å². The van der Waals surface area contributed by atoms with Crippen molar-refractivity contribution >= 4 is 17.4 Å². The summed E-state index contributed by atoms with van der Waals surface area (Å²) in [5, 5.41) is 3.00. The molecule has 25 heavy (non-hydrogen) atoms. The molecule has 3 rings (SSSR count). The van der Waals surface area contributed by atoms with Gasteiger partial charge < -0.3 is 5.32 Å². The fraction of sp³-hybridized carbons (Fsp3) is 0.364. The number of aryl methyl sites for hydroxylation is 1. The van der Waals surface area contributed by atoms with Crippen molar-refractivity contribution in [3.05, 3.63) is 65.2 Å². The average molecular weight is 335 g/mol. The van der Waals surface area contributed by atoms with Gasteiger partial charge in [-0.1, -0.05) is 55.7 Å². The minimum Gasteiger partial charge on any atom is -0.325 e. The summed E-state index contributed by atoms with van der Waals surface area (Å²) in [6, 6.07) is 15.3. The molecule has 0 heterocycles. The molecule has 2 aromatic carbocycles. The van der Waals surface area contributed by atoms with Crippen molar-refractivity contribution in [3.63, 3.8) is 0 Å². The molecule has 1 amide bonds. The summed E-state index contributed by atoms with van der Waals surface area (Å²) >= 11 is 0. The number of Topliss-reactive ketones (excluding diaryl/α,β-unsaturated/α-hetero) is 1. The van der Waals surface area contributed by atoms with Crippen molar-refractivity contribution in [3.8, 4) is 0 Å². The van der Waals surface area contributed by atoms with E-state index in [2.05, 4.69) is 5.32 Å². The van der Waals surface area contributed by atoms with Crippen molar-refractivity contribution in [2.75, 3.05) is 5.32 Å². The van der Waals surface area contributed by atoms with Gasteiger partial charge in [0.1, 0.15) is 0 Å². The number of hydrogen-bond donors (Lipinski definition) is 1. The van der Waals surface area contributed by atoms with E-state index in [1.807, 2.05) is 49.4 Å². The average Bonchev–Trinajstić information content (AvgIpc) is 2.64. The van der Waals surface area contributed by atoms with E-state index >= 15 is 0 Å². The monoisotopic (exact) mass is 335 g/mol. The number of hydrogen-bond acceptors (Lipinski definition) is 2. The predicted molar refractivity (Wildman–Crippen MR) is 101 cm³/mol. The highest BCUT2D eigenvalue weighted by Gasteiger charge is 2.22. The van der Waals surface area contributed by atoms with Gasteiger partial charge in [0.15, 0.2) is 5.78 Å². The van der Waals surface area contributed by atoms with Gasteiger partial charge in [0, 0.05) is 17.9 Å². The summed E-state index contributed by atoms with van der Waals surface area (Å²) in [6.45, 7) is 2.01. The topological polar surface area (TPSA) is 46.2 Å². The summed E-state index contributed by atoms with van der Waals surface area (Å²) in [5.41, 5.74) is 3.37. The van der Waals surface area contributed by atoms with E-state index in [1.165, 1.54) is 6.42 Å². The van der Waals surface area contributed by atoms with Crippen LogP contribution in [0.5, 0.6) is 0 Å². The number of nitrogens with one attached hydrogen (secondary N) is 1. The van der Waals surface area contributed by atoms with Gasteiger partial charge >= 0.3 is 0 Å². The second-order valence-corrected chi connectivity index (χ2v) is 6.90. The Morgan fingerprint density at radius 2 is 1.64 bits per heavy atom. The van der Waals surface area contributed by atoms with Gasteiger partial charge in [0.05, 0.1) is 5.69 Å². The van der Waals surface area contributed by atoms with Crippen molar-refractivity contribution in [2.45, 2.75) is 45.4 Å². The van der Waals surface area contributed by atoms with Gasteiger partial charge in [0.2, 0.25) is 5.91 Å². The quantitative estimate of drug-likeness (QED) is 0.787. The third-order valence-electron chi connectivity index (χ3n) is 5.07. The fourth-order valence-corrected chi connectivity index (χ4v) is 3.51. The van der Waals surface area contributed by atoms with Crippen molar-refractivity contribution < 1.29 is 9.59 Å². The Labute approximate surface area is 149 Å². The van der Waals surface area contributed by atoms with Crippen molar-refractivity contribution in [1.82, 2.24) is 0 Å². The highest BCUT2D eigenvalue weighted by Crippen LogP contribution is 2.26. The van der Waals surface area contributed by atoms with Gasteiger partial charge in [-0.25, -0.2) is 0 Å². The standard InChI is InChI=1S/C22H25NO2/c1-16-9-5-6-12-18(16)15-21(24)19-13-7-8-14-20(19)23-22(25)17-10-3-2-4-11-17/h5-9,12-14,17H,2-4,10-11,15H2,1H3,(H,23,25). The molecule has 0 aromatic heterocycles. The molecular formula is C22H25NO2. The molecular weight excluding hydrogens is 310 g/mol. The zero-order valence-corrected chi connectivity index (χ0v) is 14.8. The Kier molecular flexibility index (Phi) is 5.64. The zero-order valence-electron chi connectivity index (χ0n) is 14.8. The molecule has 0 radical (unpaired) electrons. The number of para-hydroxylation sites is 1. The summed E-state index contributed by atoms with van der Waals surface area (Å²) in [4.78, 5) is 25.3. The summed E-state index contributed by atoms with van der Waals surface area (Å²) in [6.07, 6.45) is 5.70. The number of amides is 1. The second kappa shape index (κ2) is 8.11. The molecule has 1 aliphatic rings. The van der Waals surface area contributed by atoms with E-state index in [-0.39, 0.29) is 17.6 Å². The molecule has 1 fully saturated rings. The van der Waals surface area contributed by atoms with Crippen LogP contribution in [0.1, 0.15) is 53.6 Å². The number of carbonyl (C=O) groups excluding carboxylic acids is 2. The lowest BCUT2D eigenvalue weighted by molar-refractivity contribution is -0.120. The molecule has 0 aliphatic heterocycles. The molecule has 1 saturated carbocycles. The molecule has 130 valence electrons. The lowest BCUT2D eigenvalue weighted by Crippen LogP contribution is -2.25. The number of anilines is 1. The predicted octanol–water partition coefficient (Wildman–Crippen LogP) is 4.94. The highest BCUT2D eigenvalue weighted by atomic mass is 16.2. The van der Waals surface area contributed by atoms with Gasteiger partial charge in [-0.05, 0) is 43.0 Å². The first-order valence-electron chi connectivity index (χ1n) is 9.13. The van der Waals surface area contributed by atoms with Crippen LogP contribution in [0.25, 0.3) is 0 Å². The molecule has 3 heteroatoms. The molecule has 0 unspecified atom stereocenters. The van der Waals surface area contributed by atoms with E-state index in [4.69, 9.17) is 0 Å². The highest BCUT2D eigenvalue weighted by molar-refractivity contribution is 6.06. The lowest BCUT2D eigenvalue weighted by atomic mass is 9.88. The maximum atomic E-state index is 12.8. The number of carbonyl (C=O) groups is 2. The van der Waals surface area contributed by atoms with Crippen LogP contribution in [0.4, 0.5) is 5.69 Å². The summed E-state index contributed by atoms with van der Waals surface area (Å²) < 4.78 is 0. The summed E-state index contributed by atoms with van der Waals surface area (Å²) in [7, 11) is 0. The first-order valence-corrected chi connectivity index (χ1v) is 9.13. The van der Waals surface area contributed by atoms with Crippen molar-refractivity contribution in [1.29, 1.82) is 0 Å². The van der Waals surface area contributed by atoms with Gasteiger partial charge in [0.25, 0.3) is 0 Å². The first kappa shape index (κ1) is 17.4. The Morgan fingerprint density at radius 3 is 2.40 bits per heavy atom. The van der Waals surface area contributed by atoms with Crippen LogP contribution in [-0.2, 0) is 11.2 Å². The third kappa shape index (κ3) is 4.36. The third-order valence-corrected chi connectivity index (χ3v) is 5.07. The first-order chi connectivity index (χ1) is 12.1. The van der Waals surface area contributed by atoms with Crippen LogP contribution < -0.4 is 5.32 Å². The molecule has 1 N–H and O–H groups in total. The lowest BCUT2D eigenvalue weighted by Gasteiger charge is -2.21. The number of rotatable bonds is 5. The van der Waals surface area contributed by atoms with E-state index in [1.54, 1.807) is 6.07 Å². The van der Waals surface area contributed by atoms with Gasteiger partial charge in [-0.2, -0.15) is 0 Å². The Bertz CT molecular complexity index is 760. The van der Waals surface area contributed by atoms with Crippen LogP contribution in [0, 0.1) is 12.8 Å². The van der Waals surface area contributed by atoms with Crippen LogP contribution in [0.15, 0.2) is 48.5 Å². The molecule has 2 aromatic rings. The molecule has 0 atom stereocenters. The van der Waals surface area contributed by atoms with Crippen LogP contribution in [-0.4, -0.2) is 11.7 Å². The van der Waals surface area contributed by atoms with E-state index in [9.17, 15) is 9.59 Å². The van der Waals surface area contributed by atoms with Gasteiger partial charge in [-0.3, -0.25) is 9.59 Å². The van der Waals surface area contributed by atoms with Crippen LogP contribution >= 0.6 is 0 Å². The van der Waals surface area contributed by atoms with Gasteiger partial charge in [-0.15, -0.1) is 0 Å². The minimum absolute atomic E-state index is 0.0360.